The molecular formula is C14H26N. The molecule has 0 atom stereocenters. The minimum atomic E-state index is 0.881. The van der Waals surface area contributed by atoms with E-state index in [4.69, 9.17) is 0 Å². The van der Waals surface area contributed by atoms with Gasteiger partial charge in [0.05, 0.1) is 0 Å². The molecule has 0 aromatic heterocycles. The van der Waals surface area contributed by atoms with E-state index in [0.717, 1.165) is 12.1 Å². The predicted octanol–water partition coefficient (Wildman–Crippen LogP) is 4.14. The van der Waals surface area contributed by atoms with Crippen molar-refractivity contribution in [3.63, 3.8) is 0 Å². The summed E-state index contributed by atoms with van der Waals surface area (Å²) < 4.78 is 0. The van der Waals surface area contributed by atoms with E-state index in [1.807, 2.05) is 0 Å². The van der Waals surface area contributed by atoms with E-state index in [9.17, 15) is 0 Å². The Morgan fingerprint density at radius 1 is 0.733 bits per heavy atom. The van der Waals surface area contributed by atoms with Crippen LogP contribution < -0.4 is 0 Å². The maximum Gasteiger partial charge on any atom is 0.0226 e. The van der Waals surface area contributed by atoms with Crippen molar-refractivity contribution >= 4 is 0 Å². The molecular weight excluding hydrogens is 182 g/mol. The van der Waals surface area contributed by atoms with Crippen LogP contribution in [0, 0.1) is 6.54 Å². The lowest BCUT2D eigenvalue weighted by molar-refractivity contribution is 0.114. The third kappa shape index (κ3) is 2.96. The van der Waals surface area contributed by atoms with Gasteiger partial charge in [0.25, 0.3) is 0 Å². The molecule has 15 heavy (non-hydrogen) atoms. The molecule has 0 aromatic carbocycles. The molecule has 2 rings (SSSR count). The highest BCUT2D eigenvalue weighted by Crippen LogP contribution is 2.30. The van der Waals surface area contributed by atoms with Crippen LogP contribution in [-0.4, -0.2) is 17.0 Å². The van der Waals surface area contributed by atoms with E-state index in [1.54, 1.807) is 0 Å². The highest BCUT2D eigenvalue weighted by Gasteiger charge is 2.27. The Morgan fingerprint density at radius 2 is 1.13 bits per heavy atom. The van der Waals surface area contributed by atoms with Crippen LogP contribution in [-0.2, 0) is 0 Å². The topological polar surface area (TPSA) is 3.24 Å². The first-order chi connectivity index (χ1) is 7.42. The second kappa shape index (κ2) is 5.89. The lowest BCUT2D eigenvalue weighted by Gasteiger charge is -2.40. The Kier molecular flexibility index (Phi) is 4.49. The summed E-state index contributed by atoms with van der Waals surface area (Å²) in [5.41, 5.74) is 0. The smallest absolute Gasteiger partial charge is 0.0226 e. The van der Waals surface area contributed by atoms with Crippen LogP contribution in [0.4, 0.5) is 0 Å². The van der Waals surface area contributed by atoms with Crippen molar-refractivity contribution in [2.45, 2.75) is 83.2 Å². The SMILES string of the molecule is C[CH]N(C1CCCCC1)C1CCCCC1. The molecule has 2 aliphatic carbocycles. The lowest BCUT2D eigenvalue weighted by Crippen LogP contribution is -2.42. The van der Waals surface area contributed by atoms with Crippen molar-refractivity contribution < 1.29 is 0 Å². The van der Waals surface area contributed by atoms with Gasteiger partial charge in [0.15, 0.2) is 0 Å². The highest BCUT2D eigenvalue weighted by atomic mass is 15.2. The van der Waals surface area contributed by atoms with E-state index < -0.39 is 0 Å². The minimum Gasteiger partial charge on any atom is -0.293 e. The molecule has 0 saturated heterocycles. The standard InChI is InChI=1S/C14H26N/c1-2-15(13-9-5-3-6-10-13)14-11-7-4-8-12-14/h2,13-14H,3-12H2,1H3. The zero-order chi connectivity index (χ0) is 10.5. The van der Waals surface area contributed by atoms with Crippen molar-refractivity contribution in [1.82, 2.24) is 4.90 Å². The van der Waals surface area contributed by atoms with Gasteiger partial charge in [0.1, 0.15) is 0 Å². The first-order valence-corrected chi connectivity index (χ1v) is 6.98. The van der Waals surface area contributed by atoms with Gasteiger partial charge in [-0.15, -0.1) is 0 Å². The fraction of sp³-hybridized carbons (Fsp3) is 0.929. The number of hydrogen-bond acceptors (Lipinski definition) is 1. The quantitative estimate of drug-likeness (QED) is 0.674. The van der Waals surface area contributed by atoms with E-state index in [-0.39, 0.29) is 0 Å². The lowest BCUT2D eigenvalue weighted by atomic mass is 9.89. The maximum atomic E-state index is 2.72. The van der Waals surface area contributed by atoms with Gasteiger partial charge in [-0.25, -0.2) is 0 Å². The first kappa shape index (κ1) is 11.4. The van der Waals surface area contributed by atoms with Gasteiger partial charge >= 0.3 is 0 Å². The van der Waals surface area contributed by atoms with Crippen LogP contribution in [0.25, 0.3) is 0 Å². The molecule has 0 heterocycles. The van der Waals surface area contributed by atoms with Gasteiger partial charge < -0.3 is 0 Å². The third-order valence-corrected chi connectivity index (χ3v) is 4.29. The number of hydrogen-bond donors (Lipinski definition) is 0. The van der Waals surface area contributed by atoms with Gasteiger partial charge in [-0.2, -0.15) is 0 Å². The van der Waals surface area contributed by atoms with E-state index in [1.165, 1.54) is 64.2 Å². The normalized spacial score (nSPS) is 26.0. The summed E-state index contributed by atoms with van der Waals surface area (Å²) in [5, 5.41) is 0. The zero-order valence-corrected chi connectivity index (χ0v) is 10.3. The molecule has 0 bridgehead atoms. The summed E-state index contributed by atoms with van der Waals surface area (Å²) in [7, 11) is 0. The molecule has 2 saturated carbocycles. The Hall–Kier alpha value is -0.0400. The molecule has 0 amide bonds. The molecule has 2 fully saturated rings. The summed E-state index contributed by atoms with van der Waals surface area (Å²) >= 11 is 0. The van der Waals surface area contributed by atoms with Gasteiger partial charge in [0.2, 0.25) is 0 Å². The average Bonchev–Trinajstić information content (AvgIpc) is 2.33. The van der Waals surface area contributed by atoms with Crippen molar-refractivity contribution in [2.24, 2.45) is 0 Å². The van der Waals surface area contributed by atoms with Gasteiger partial charge in [0, 0.05) is 18.6 Å². The van der Waals surface area contributed by atoms with Crippen LogP contribution >= 0.6 is 0 Å². The Balaban J connectivity index is 1.88. The van der Waals surface area contributed by atoms with Crippen LogP contribution in [0.2, 0.25) is 0 Å². The fourth-order valence-corrected chi connectivity index (χ4v) is 3.48. The molecule has 2 aliphatic rings. The summed E-state index contributed by atoms with van der Waals surface area (Å²) in [4.78, 5) is 2.72. The van der Waals surface area contributed by atoms with E-state index in [0.29, 0.717) is 0 Å². The summed E-state index contributed by atoms with van der Waals surface area (Å²) in [6, 6.07) is 1.76. The van der Waals surface area contributed by atoms with Crippen LogP contribution in [0.15, 0.2) is 0 Å². The molecule has 0 N–H and O–H groups in total. The molecule has 1 radical (unpaired) electrons. The summed E-state index contributed by atoms with van der Waals surface area (Å²) in [6.45, 7) is 4.62. The van der Waals surface area contributed by atoms with E-state index in [2.05, 4.69) is 18.4 Å². The minimum absolute atomic E-state index is 0.881. The summed E-state index contributed by atoms with van der Waals surface area (Å²) in [6.07, 6.45) is 14.6. The largest absolute Gasteiger partial charge is 0.293 e. The van der Waals surface area contributed by atoms with Crippen molar-refractivity contribution in [2.75, 3.05) is 0 Å². The second-order valence-electron chi connectivity index (χ2n) is 5.29. The molecule has 0 aliphatic heterocycles. The Labute approximate surface area is 95.2 Å². The van der Waals surface area contributed by atoms with Crippen molar-refractivity contribution in [3.8, 4) is 0 Å². The average molecular weight is 208 g/mol. The molecule has 0 spiro atoms. The van der Waals surface area contributed by atoms with Crippen LogP contribution in [0.1, 0.15) is 71.1 Å². The predicted molar refractivity (Wildman–Crippen MR) is 65.6 cm³/mol. The molecule has 1 heteroatoms. The molecule has 0 unspecified atom stereocenters. The monoisotopic (exact) mass is 208 g/mol. The molecule has 87 valence electrons. The van der Waals surface area contributed by atoms with Gasteiger partial charge in [-0.1, -0.05) is 38.5 Å². The molecule has 0 aromatic rings. The van der Waals surface area contributed by atoms with Crippen molar-refractivity contribution in [1.29, 1.82) is 0 Å². The second-order valence-corrected chi connectivity index (χ2v) is 5.29. The number of nitrogens with zero attached hydrogens (tertiary/aromatic N) is 1. The Morgan fingerprint density at radius 3 is 1.47 bits per heavy atom. The van der Waals surface area contributed by atoms with Gasteiger partial charge in [-0.3, -0.25) is 4.90 Å². The first-order valence-electron chi connectivity index (χ1n) is 6.98. The Bertz CT molecular complexity index is 148. The van der Waals surface area contributed by atoms with Crippen molar-refractivity contribution in [3.05, 3.63) is 6.54 Å². The van der Waals surface area contributed by atoms with E-state index >= 15 is 0 Å². The maximum absolute atomic E-state index is 2.72. The third-order valence-electron chi connectivity index (χ3n) is 4.29. The fourth-order valence-electron chi connectivity index (χ4n) is 3.48. The zero-order valence-electron chi connectivity index (χ0n) is 10.3. The van der Waals surface area contributed by atoms with Crippen LogP contribution in [0.5, 0.6) is 0 Å². The van der Waals surface area contributed by atoms with Gasteiger partial charge in [-0.05, 0) is 32.6 Å². The molecule has 1 nitrogen and oxygen atoms in total. The number of rotatable bonds is 3. The van der Waals surface area contributed by atoms with Crippen LogP contribution in [0.3, 0.4) is 0 Å². The highest BCUT2D eigenvalue weighted by molar-refractivity contribution is 4.86. The summed E-state index contributed by atoms with van der Waals surface area (Å²) in [5.74, 6) is 0.